The number of benzene rings is 1. The van der Waals surface area contributed by atoms with E-state index < -0.39 is 17.9 Å². The van der Waals surface area contributed by atoms with E-state index in [9.17, 15) is 9.59 Å². The predicted octanol–water partition coefficient (Wildman–Crippen LogP) is 1.82. The zero-order valence-electron chi connectivity index (χ0n) is 10.2. The molecule has 1 aromatic rings. The van der Waals surface area contributed by atoms with Gasteiger partial charge < -0.3 is 15.7 Å². The molecule has 1 rings (SSSR count). The highest BCUT2D eigenvalue weighted by molar-refractivity contribution is 6.42. The minimum atomic E-state index is -0.838. The van der Waals surface area contributed by atoms with Gasteiger partial charge in [-0.05, 0) is 31.5 Å². The molecule has 0 radical (unpaired) electrons. The molecule has 0 fully saturated rings. The average molecular weight is 305 g/mol. The second-order valence-electron chi connectivity index (χ2n) is 3.97. The molecule has 0 aliphatic rings. The molecular formula is C12H14Cl2N2O3. The van der Waals surface area contributed by atoms with Gasteiger partial charge in [-0.3, -0.25) is 9.59 Å². The maximum atomic E-state index is 11.6. The summed E-state index contributed by atoms with van der Waals surface area (Å²) in [6.07, 6.45) is -0.164. The molecule has 2 amide bonds. The number of hydrogen-bond donors (Lipinski definition) is 3. The number of amides is 2. The van der Waals surface area contributed by atoms with Gasteiger partial charge in [0.1, 0.15) is 0 Å². The molecule has 104 valence electrons. The molecule has 0 bridgehead atoms. The summed E-state index contributed by atoms with van der Waals surface area (Å²) in [6.45, 7) is 1.81. The Morgan fingerprint density at radius 2 is 2.00 bits per heavy atom. The third-order valence-corrected chi connectivity index (χ3v) is 2.80. The van der Waals surface area contributed by atoms with Gasteiger partial charge in [0.15, 0.2) is 0 Å². The fourth-order valence-electron chi connectivity index (χ4n) is 1.25. The van der Waals surface area contributed by atoms with E-state index in [0.29, 0.717) is 11.4 Å². The third kappa shape index (κ3) is 5.46. The van der Waals surface area contributed by atoms with Crippen LogP contribution in [0.15, 0.2) is 18.2 Å². The molecule has 0 aliphatic carbocycles. The van der Waals surface area contributed by atoms with E-state index in [1.54, 1.807) is 13.0 Å². The van der Waals surface area contributed by atoms with Crippen LogP contribution >= 0.6 is 23.2 Å². The highest BCUT2D eigenvalue weighted by atomic mass is 35.5. The zero-order valence-corrected chi connectivity index (χ0v) is 11.8. The molecule has 5 nitrogen and oxygen atoms in total. The lowest BCUT2D eigenvalue weighted by Gasteiger charge is -2.09. The van der Waals surface area contributed by atoms with Gasteiger partial charge in [0.2, 0.25) is 0 Å². The Bertz CT molecular complexity index is 478. The number of anilines is 1. The van der Waals surface area contributed by atoms with Gasteiger partial charge in [0.05, 0.1) is 16.8 Å². The lowest BCUT2D eigenvalue weighted by Crippen LogP contribution is -2.36. The van der Waals surface area contributed by atoms with Gasteiger partial charge in [-0.15, -0.1) is 0 Å². The minimum absolute atomic E-state index is 0.215. The fourth-order valence-corrected chi connectivity index (χ4v) is 1.58. The van der Waals surface area contributed by atoms with Gasteiger partial charge >= 0.3 is 11.8 Å². The number of carbonyl (C=O) groups is 2. The Labute approximate surface area is 120 Å². The van der Waals surface area contributed by atoms with Gasteiger partial charge in [0.25, 0.3) is 0 Å². The van der Waals surface area contributed by atoms with Crippen LogP contribution in [0.25, 0.3) is 0 Å². The summed E-state index contributed by atoms with van der Waals surface area (Å²) in [5.74, 6) is -1.63. The number of carbonyl (C=O) groups excluding carboxylic acids is 2. The third-order valence-electron chi connectivity index (χ3n) is 2.23. The molecule has 0 saturated heterocycles. The largest absolute Gasteiger partial charge is 0.393 e. The highest BCUT2D eigenvalue weighted by Gasteiger charge is 2.15. The normalized spacial score (nSPS) is 11.8. The number of aliphatic hydroxyl groups excluding tert-OH is 1. The van der Waals surface area contributed by atoms with Crippen molar-refractivity contribution >= 4 is 40.7 Å². The summed E-state index contributed by atoms with van der Waals surface area (Å²) < 4.78 is 0. The summed E-state index contributed by atoms with van der Waals surface area (Å²) in [4.78, 5) is 23.0. The summed E-state index contributed by atoms with van der Waals surface area (Å²) in [6, 6.07) is 4.54. The van der Waals surface area contributed by atoms with Crippen molar-refractivity contribution in [3.63, 3.8) is 0 Å². The molecule has 3 N–H and O–H groups in total. The van der Waals surface area contributed by atoms with E-state index in [-0.39, 0.29) is 17.3 Å². The van der Waals surface area contributed by atoms with Gasteiger partial charge in [0, 0.05) is 11.6 Å². The van der Waals surface area contributed by atoms with Crippen molar-refractivity contribution in [2.24, 2.45) is 0 Å². The lowest BCUT2D eigenvalue weighted by atomic mass is 10.3. The zero-order chi connectivity index (χ0) is 14.4. The van der Waals surface area contributed by atoms with Crippen LogP contribution in [0.4, 0.5) is 5.69 Å². The monoisotopic (exact) mass is 304 g/mol. The van der Waals surface area contributed by atoms with E-state index in [1.807, 2.05) is 0 Å². The van der Waals surface area contributed by atoms with Crippen LogP contribution in [-0.2, 0) is 9.59 Å². The molecule has 0 aliphatic heterocycles. The molecule has 19 heavy (non-hydrogen) atoms. The second-order valence-corrected chi connectivity index (χ2v) is 4.82. The number of aliphatic hydroxyl groups is 1. The van der Waals surface area contributed by atoms with E-state index in [0.717, 1.165) is 0 Å². The quantitative estimate of drug-likeness (QED) is 0.742. The molecule has 0 saturated carbocycles. The molecular weight excluding hydrogens is 291 g/mol. The van der Waals surface area contributed by atoms with Crippen molar-refractivity contribution < 1.29 is 14.7 Å². The van der Waals surface area contributed by atoms with Crippen molar-refractivity contribution in [3.8, 4) is 0 Å². The first-order valence-corrected chi connectivity index (χ1v) is 6.38. The SMILES string of the molecule is CC(O)CCNC(=O)C(=O)Nc1cc(Cl)ccc1Cl. The van der Waals surface area contributed by atoms with Gasteiger partial charge in [-0.2, -0.15) is 0 Å². The number of halogens is 2. The van der Waals surface area contributed by atoms with Crippen LogP contribution < -0.4 is 10.6 Å². The maximum Gasteiger partial charge on any atom is 0.313 e. The minimum Gasteiger partial charge on any atom is -0.393 e. The summed E-state index contributed by atoms with van der Waals surface area (Å²) >= 11 is 11.6. The average Bonchev–Trinajstić information content (AvgIpc) is 2.33. The number of rotatable bonds is 4. The molecule has 0 heterocycles. The van der Waals surface area contributed by atoms with Crippen LogP contribution in [0.3, 0.4) is 0 Å². The highest BCUT2D eigenvalue weighted by Crippen LogP contribution is 2.25. The summed E-state index contributed by atoms with van der Waals surface area (Å²) in [7, 11) is 0. The van der Waals surface area contributed by atoms with Crippen LogP contribution in [0.5, 0.6) is 0 Å². The van der Waals surface area contributed by atoms with Crippen LogP contribution in [0, 0.1) is 0 Å². The first-order chi connectivity index (χ1) is 8.90. The van der Waals surface area contributed by atoms with Crippen LogP contribution in [0.2, 0.25) is 10.0 Å². The van der Waals surface area contributed by atoms with Crippen molar-refractivity contribution in [2.45, 2.75) is 19.4 Å². The maximum absolute atomic E-state index is 11.6. The van der Waals surface area contributed by atoms with E-state index in [1.165, 1.54) is 12.1 Å². The molecule has 1 atom stereocenters. The fraction of sp³-hybridized carbons (Fsp3) is 0.333. The van der Waals surface area contributed by atoms with E-state index in [4.69, 9.17) is 28.3 Å². The second kappa shape index (κ2) is 7.33. The number of hydrogen-bond acceptors (Lipinski definition) is 3. The molecule has 0 spiro atoms. The van der Waals surface area contributed by atoms with Crippen molar-refractivity contribution in [1.82, 2.24) is 5.32 Å². The van der Waals surface area contributed by atoms with Gasteiger partial charge in [-0.1, -0.05) is 23.2 Å². The summed E-state index contributed by atoms with van der Waals surface area (Å²) in [5.41, 5.74) is 0.268. The molecule has 0 aromatic heterocycles. The Hall–Kier alpha value is -1.30. The Morgan fingerprint density at radius 3 is 2.63 bits per heavy atom. The molecule has 7 heteroatoms. The predicted molar refractivity (Wildman–Crippen MR) is 74.4 cm³/mol. The topological polar surface area (TPSA) is 78.4 Å². The van der Waals surface area contributed by atoms with Crippen LogP contribution in [-0.4, -0.2) is 29.6 Å². The smallest absolute Gasteiger partial charge is 0.313 e. The molecule has 1 aromatic carbocycles. The summed E-state index contributed by atoms with van der Waals surface area (Å²) in [5, 5.41) is 14.4. The Balaban J connectivity index is 2.54. The van der Waals surface area contributed by atoms with Crippen molar-refractivity contribution in [2.75, 3.05) is 11.9 Å². The Morgan fingerprint density at radius 1 is 1.32 bits per heavy atom. The van der Waals surface area contributed by atoms with Crippen molar-refractivity contribution in [3.05, 3.63) is 28.2 Å². The Kier molecular flexibility index (Phi) is 6.08. The van der Waals surface area contributed by atoms with E-state index in [2.05, 4.69) is 10.6 Å². The number of nitrogens with one attached hydrogen (secondary N) is 2. The lowest BCUT2D eigenvalue weighted by molar-refractivity contribution is -0.136. The molecule has 1 unspecified atom stereocenters. The first kappa shape index (κ1) is 15.8. The van der Waals surface area contributed by atoms with Crippen LogP contribution in [0.1, 0.15) is 13.3 Å². The van der Waals surface area contributed by atoms with E-state index >= 15 is 0 Å². The van der Waals surface area contributed by atoms with Gasteiger partial charge in [-0.25, -0.2) is 0 Å². The van der Waals surface area contributed by atoms with Crippen molar-refractivity contribution in [1.29, 1.82) is 0 Å². The first-order valence-electron chi connectivity index (χ1n) is 5.62. The standard InChI is InChI=1S/C12H14Cl2N2O3/c1-7(17)4-5-15-11(18)12(19)16-10-6-8(13)2-3-9(10)14/h2-3,6-7,17H,4-5H2,1H3,(H,15,18)(H,16,19).